The van der Waals surface area contributed by atoms with Crippen molar-refractivity contribution in [3.63, 3.8) is 0 Å². The number of nitrogens with one attached hydrogen (secondary N) is 2. The van der Waals surface area contributed by atoms with Crippen LogP contribution in [0.15, 0.2) is 30.5 Å². The molecule has 2 fully saturated rings. The summed E-state index contributed by atoms with van der Waals surface area (Å²) >= 11 is 1.48. The molecule has 126 valence electrons. The average Bonchev–Trinajstić information content (AvgIpc) is 2.93. The Balaban J connectivity index is 1.54. The summed E-state index contributed by atoms with van der Waals surface area (Å²) in [5.41, 5.74) is 0.748. The molecule has 0 bridgehead atoms. The number of benzene rings is 1. The van der Waals surface area contributed by atoms with Gasteiger partial charge in [-0.3, -0.25) is 4.79 Å². The predicted octanol–water partition coefficient (Wildman–Crippen LogP) is 2.56. The third-order valence-corrected chi connectivity index (χ3v) is 6.45. The molecule has 1 aromatic heterocycles. The van der Waals surface area contributed by atoms with Gasteiger partial charge in [0.05, 0.1) is 10.3 Å². The number of β-amino-alcohol motifs (C(OH)–C–C–N with tert-alkyl or cyclic N) is 1. The molecule has 1 aliphatic heterocycles. The van der Waals surface area contributed by atoms with Crippen molar-refractivity contribution in [2.24, 2.45) is 5.41 Å². The molecule has 3 N–H and O–H groups in total. The monoisotopic (exact) mass is 343 g/mol. The number of nitrogens with zero attached hydrogens (tertiary/aromatic N) is 1. The zero-order valence-corrected chi connectivity index (χ0v) is 14.4. The topological polar surface area (TPSA) is 74.2 Å². The molecule has 1 saturated carbocycles. The molecule has 2 aromatic rings. The van der Waals surface area contributed by atoms with Crippen LogP contribution in [0.3, 0.4) is 0 Å². The van der Waals surface area contributed by atoms with Crippen LogP contribution in [-0.2, 0) is 4.79 Å². The fourth-order valence-electron chi connectivity index (χ4n) is 3.66. The van der Waals surface area contributed by atoms with Gasteiger partial charge in [-0.2, -0.15) is 0 Å². The number of rotatable bonds is 4. The van der Waals surface area contributed by atoms with E-state index in [0.29, 0.717) is 18.2 Å². The molecule has 1 saturated heterocycles. The van der Waals surface area contributed by atoms with Crippen molar-refractivity contribution in [3.8, 4) is 10.4 Å². The summed E-state index contributed by atoms with van der Waals surface area (Å²) in [5, 5.41) is 17.3. The molecule has 1 aliphatic carbocycles. The van der Waals surface area contributed by atoms with E-state index in [4.69, 9.17) is 0 Å². The first kappa shape index (κ1) is 15.7. The Morgan fingerprint density at radius 2 is 2.08 bits per heavy atom. The lowest BCUT2D eigenvalue weighted by Crippen LogP contribution is -2.73. The van der Waals surface area contributed by atoms with E-state index in [2.05, 4.69) is 34.7 Å². The minimum atomic E-state index is -0.911. The second-order valence-electron chi connectivity index (χ2n) is 6.87. The second-order valence-corrected chi connectivity index (χ2v) is 7.90. The lowest BCUT2D eigenvalue weighted by Gasteiger charge is -2.56. The molecule has 2 aliphatic rings. The molecule has 0 atom stereocenters. The maximum atomic E-state index is 12.8. The Kier molecular flexibility index (Phi) is 3.71. The van der Waals surface area contributed by atoms with Crippen LogP contribution in [0.1, 0.15) is 24.8 Å². The lowest BCUT2D eigenvalue weighted by atomic mass is 9.56. The van der Waals surface area contributed by atoms with Crippen LogP contribution in [0.25, 0.3) is 10.4 Å². The zero-order valence-electron chi connectivity index (χ0n) is 13.6. The standard InChI is InChI=1S/C18H21N3O2S/c1-12-5-2-3-6-13(12)14-9-20-16(24-14)21-15(22)17(7-4-8-17)18(23)10-19-11-18/h2-3,5-6,9,19,23H,4,7-8,10-11H2,1H3,(H,20,21,22). The Hall–Kier alpha value is -1.76. The fourth-order valence-corrected chi connectivity index (χ4v) is 4.56. The minimum absolute atomic E-state index is 0.0940. The zero-order chi connectivity index (χ0) is 16.8. The molecule has 5 nitrogen and oxygen atoms in total. The van der Waals surface area contributed by atoms with Gasteiger partial charge in [0.1, 0.15) is 5.60 Å². The number of aliphatic hydroxyl groups is 1. The number of aryl methyl sites for hydroxylation is 1. The van der Waals surface area contributed by atoms with Crippen LogP contribution in [0.2, 0.25) is 0 Å². The number of hydrogen-bond donors (Lipinski definition) is 3. The number of thiazole rings is 1. The first-order chi connectivity index (χ1) is 11.5. The van der Waals surface area contributed by atoms with Gasteiger partial charge in [0.25, 0.3) is 0 Å². The van der Waals surface area contributed by atoms with Gasteiger partial charge in [0, 0.05) is 19.3 Å². The van der Waals surface area contributed by atoms with E-state index >= 15 is 0 Å². The maximum Gasteiger partial charge on any atom is 0.235 e. The molecule has 2 heterocycles. The summed E-state index contributed by atoms with van der Waals surface area (Å²) in [5.74, 6) is -0.0940. The van der Waals surface area contributed by atoms with Crippen LogP contribution in [0, 0.1) is 12.3 Å². The molecule has 24 heavy (non-hydrogen) atoms. The van der Waals surface area contributed by atoms with E-state index in [-0.39, 0.29) is 5.91 Å². The molecule has 1 aromatic carbocycles. The quantitative estimate of drug-likeness (QED) is 0.798. The lowest BCUT2D eigenvalue weighted by molar-refractivity contribution is -0.173. The van der Waals surface area contributed by atoms with Crippen LogP contribution in [0.5, 0.6) is 0 Å². The Labute approximate surface area is 145 Å². The summed E-state index contributed by atoms with van der Waals surface area (Å²) in [4.78, 5) is 18.2. The molecule has 1 amide bonds. The third kappa shape index (κ3) is 2.29. The first-order valence-corrected chi connectivity index (χ1v) is 9.12. The summed E-state index contributed by atoms with van der Waals surface area (Å²) in [6.07, 6.45) is 4.28. The molecule has 4 rings (SSSR count). The van der Waals surface area contributed by atoms with Crippen molar-refractivity contribution in [3.05, 3.63) is 36.0 Å². The van der Waals surface area contributed by atoms with Crippen molar-refractivity contribution in [2.45, 2.75) is 31.8 Å². The van der Waals surface area contributed by atoms with E-state index in [1.54, 1.807) is 6.20 Å². The molecule has 6 heteroatoms. The summed E-state index contributed by atoms with van der Waals surface area (Å²) < 4.78 is 0. The molecule has 0 unspecified atom stereocenters. The van der Waals surface area contributed by atoms with Crippen molar-refractivity contribution < 1.29 is 9.90 Å². The van der Waals surface area contributed by atoms with Crippen molar-refractivity contribution in [1.82, 2.24) is 10.3 Å². The van der Waals surface area contributed by atoms with Gasteiger partial charge < -0.3 is 15.7 Å². The van der Waals surface area contributed by atoms with Crippen molar-refractivity contribution >= 4 is 22.4 Å². The highest BCUT2D eigenvalue weighted by Crippen LogP contribution is 2.51. The number of anilines is 1. The number of aromatic nitrogens is 1. The van der Waals surface area contributed by atoms with E-state index in [1.807, 2.05) is 12.1 Å². The Morgan fingerprint density at radius 3 is 2.67 bits per heavy atom. The summed E-state index contributed by atoms with van der Waals surface area (Å²) in [7, 11) is 0. The van der Waals surface area contributed by atoms with Crippen molar-refractivity contribution in [1.29, 1.82) is 0 Å². The van der Waals surface area contributed by atoms with Gasteiger partial charge in [0.2, 0.25) is 5.91 Å². The van der Waals surface area contributed by atoms with Crippen LogP contribution < -0.4 is 10.6 Å². The van der Waals surface area contributed by atoms with Gasteiger partial charge in [-0.1, -0.05) is 42.0 Å². The van der Waals surface area contributed by atoms with E-state index in [1.165, 1.54) is 16.9 Å². The predicted molar refractivity (Wildman–Crippen MR) is 95.0 cm³/mol. The van der Waals surface area contributed by atoms with Gasteiger partial charge >= 0.3 is 0 Å². The van der Waals surface area contributed by atoms with E-state index < -0.39 is 11.0 Å². The smallest absolute Gasteiger partial charge is 0.235 e. The Bertz CT molecular complexity index is 778. The minimum Gasteiger partial charge on any atom is -0.386 e. The highest BCUT2D eigenvalue weighted by Gasteiger charge is 2.61. The highest BCUT2D eigenvalue weighted by molar-refractivity contribution is 7.19. The number of carbonyl (C=O) groups excluding carboxylic acids is 1. The van der Waals surface area contributed by atoms with Crippen LogP contribution in [0.4, 0.5) is 5.13 Å². The van der Waals surface area contributed by atoms with Crippen LogP contribution >= 0.6 is 11.3 Å². The van der Waals surface area contributed by atoms with Gasteiger partial charge in [0.15, 0.2) is 5.13 Å². The third-order valence-electron chi connectivity index (χ3n) is 5.50. The maximum absolute atomic E-state index is 12.8. The van der Waals surface area contributed by atoms with Gasteiger partial charge in [-0.15, -0.1) is 0 Å². The van der Waals surface area contributed by atoms with E-state index in [9.17, 15) is 9.90 Å². The summed E-state index contributed by atoms with van der Waals surface area (Å²) in [6.45, 7) is 3.05. The van der Waals surface area contributed by atoms with Gasteiger partial charge in [-0.25, -0.2) is 4.98 Å². The molecular weight excluding hydrogens is 322 g/mol. The largest absolute Gasteiger partial charge is 0.386 e. The second kappa shape index (κ2) is 5.65. The first-order valence-electron chi connectivity index (χ1n) is 8.31. The van der Waals surface area contributed by atoms with Crippen LogP contribution in [-0.4, -0.2) is 34.7 Å². The van der Waals surface area contributed by atoms with E-state index in [0.717, 1.165) is 29.7 Å². The van der Waals surface area contributed by atoms with Crippen molar-refractivity contribution in [2.75, 3.05) is 18.4 Å². The number of hydrogen-bond acceptors (Lipinski definition) is 5. The SMILES string of the molecule is Cc1ccccc1-c1cnc(NC(=O)C2(C3(O)CNC3)CCC2)s1. The summed E-state index contributed by atoms with van der Waals surface area (Å²) in [6, 6.07) is 8.14. The number of amides is 1. The average molecular weight is 343 g/mol. The molecule has 0 radical (unpaired) electrons. The Morgan fingerprint density at radius 1 is 1.33 bits per heavy atom. The fraction of sp³-hybridized carbons (Fsp3) is 0.444. The molecular formula is C18H21N3O2S. The normalized spacial score (nSPS) is 20.8. The molecule has 0 spiro atoms. The highest BCUT2D eigenvalue weighted by atomic mass is 32.1. The van der Waals surface area contributed by atoms with Gasteiger partial charge in [-0.05, 0) is 30.9 Å². The number of carbonyl (C=O) groups is 1.